The summed E-state index contributed by atoms with van der Waals surface area (Å²) in [5.41, 5.74) is 1.08. The van der Waals surface area contributed by atoms with E-state index < -0.39 is 21.5 Å². The number of hydrogen-bond donors (Lipinski definition) is 1. The number of fused-ring (bicyclic) bond motifs is 1. The number of unbranched alkanes of at least 4 members (excludes halogenated alkanes) is 2. The van der Waals surface area contributed by atoms with Gasteiger partial charge in [-0.2, -0.15) is 0 Å². The molecule has 0 fully saturated rings. The van der Waals surface area contributed by atoms with Crippen LogP contribution < -0.4 is 5.32 Å². The van der Waals surface area contributed by atoms with Gasteiger partial charge in [-0.1, -0.05) is 39.5 Å². The van der Waals surface area contributed by atoms with E-state index in [9.17, 15) is 13.2 Å². The van der Waals surface area contributed by atoms with Crippen molar-refractivity contribution >= 4 is 32.2 Å². The third-order valence-electron chi connectivity index (χ3n) is 4.39. The van der Waals surface area contributed by atoms with Crippen LogP contribution in [0.4, 0.5) is 5.13 Å². The fourth-order valence-corrected chi connectivity index (χ4v) is 5.55. The Morgan fingerprint density at radius 2 is 2.08 bits per heavy atom. The second-order valence-electron chi connectivity index (χ2n) is 6.63. The van der Waals surface area contributed by atoms with Crippen molar-refractivity contribution in [3.8, 4) is 0 Å². The maximum absolute atomic E-state index is 12.0. The Hall–Kier alpha value is -0.950. The van der Waals surface area contributed by atoms with Crippen LogP contribution in [-0.2, 0) is 27.5 Å². The molecule has 1 aliphatic rings. The van der Waals surface area contributed by atoms with Crippen LogP contribution >= 0.6 is 11.3 Å². The number of carbonyl (C=O) groups excluding carboxylic acids is 1. The van der Waals surface area contributed by atoms with Gasteiger partial charge in [0.05, 0.1) is 11.4 Å². The third kappa shape index (κ3) is 5.84. The van der Waals surface area contributed by atoms with Gasteiger partial charge in [0.1, 0.15) is 5.75 Å². The van der Waals surface area contributed by atoms with Crippen LogP contribution in [0.15, 0.2) is 0 Å². The zero-order valence-electron chi connectivity index (χ0n) is 14.6. The molecule has 1 aromatic heterocycles. The first-order valence-corrected chi connectivity index (χ1v) is 11.6. The molecule has 0 saturated heterocycles. The Morgan fingerprint density at radius 1 is 1.29 bits per heavy atom. The number of thiazole rings is 1. The molecule has 0 saturated carbocycles. The second kappa shape index (κ2) is 8.94. The van der Waals surface area contributed by atoms with E-state index in [0.29, 0.717) is 17.5 Å². The molecule has 1 heterocycles. The summed E-state index contributed by atoms with van der Waals surface area (Å²) in [6.07, 6.45) is 8.03. The summed E-state index contributed by atoms with van der Waals surface area (Å²) in [6, 6.07) is 0. The lowest BCUT2D eigenvalue weighted by atomic mass is 9.88. The van der Waals surface area contributed by atoms with Crippen LogP contribution in [0.5, 0.6) is 0 Å². The molecule has 1 N–H and O–H groups in total. The lowest BCUT2D eigenvalue weighted by Crippen LogP contribution is -2.24. The number of sulfone groups is 1. The largest absolute Gasteiger partial charge is 0.301 e. The van der Waals surface area contributed by atoms with E-state index in [-0.39, 0.29) is 5.75 Å². The number of amides is 1. The fourth-order valence-electron chi connectivity index (χ4n) is 3.15. The van der Waals surface area contributed by atoms with Gasteiger partial charge in [-0.3, -0.25) is 4.79 Å². The highest BCUT2D eigenvalue weighted by Gasteiger charge is 2.23. The van der Waals surface area contributed by atoms with Gasteiger partial charge < -0.3 is 5.32 Å². The van der Waals surface area contributed by atoms with Gasteiger partial charge >= 0.3 is 0 Å². The van der Waals surface area contributed by atoms with E-state index in [1.54, 1.807) is 0 Å². The molecule has 1 unspecified atom stereocenters. The standard InChI is InChI=1S/C17H28N2O3S2/c1-3-5-6-10-24(21,22)12-16(20)19-17-18-14-9-8-13(7-4-2)11-15(14)23-17/h13H,3-12H2,1-2H3,(H,18,19,20). The van der Waals surface area contributed by atoms with E-state index in [1.807, 2.05) is 6.92 Å². The number of carbonyl (C=O) groups is 1. The van der Waals surface area contributed by atoms with Crippen LogP contribution in [-0.4, -0.2) is 30.8 Å². The summed E-state index contributed by atoms with van der Waals surface area (Å²) in [6.45, 7) is 4.23. The van der Waals surface area contributed by atoms with Gasteiger partial charge in [0.15, 0.2) is 15.0 Å². The predicted octanol–water partition coefficient (Wildman–Crippen LogP) is 3.59. The third-order valence-corrected chi connectivity index (χ3v) is 7.04. The van der Waals surface area contributed by atoms with Crippen molar-refractivity contribution in [1.82, 2.24) is 4.98 Å². The molecule has 0 radical (unpaired) electrons. The van der Waals surface area contributed by atoms with Crippen LogP contribution in [0.1, 0.15) is 62.9 Å². The lowest BCUT2D eigenvalue weighted by Gasteiger charge is -2.19. The van der Waals surface area contributed by atoms with Crippen molar-refractivity contribution in [3.05, 3.63) is 10.6 Å². The Morgan fingerprint density at radius 3 is 2.79 bits per heavy atom. The Bertz CT molecular complexity index is 653. The highest BCUT2D eigenvalue weighted by atomic mass is 32.2. The minimum Gasteiger partial charge on any atom is -0.301 e. The lowest BCUT2D eigenvalue weighted by molar-refractivity contribution is -0.113. The number of aryl methyl sites for hydroxylation is 1. The summed E-state index contributed by atoms with van der Waals surface area (Å²) >= 11 is 1.50. The van der Waals surface area contributed by atoms with Crippen LogP contribution in [0.25, 0.3) is 0 Å². The molecule has 0 aliphatic heterocycles. The first-order valence-electron chi connectivity index (χ1n) is 8.92. The number of nitrogens with zero attached hydrogens (tertiary/aromatic N) is 1. The Kier molecular flexibility index (Phi) is 7.22. The average Bonchev–Trinajstić information content (AvgIpc) is 2.88. The van der Waals surface area contributed by atoms with E-state index in [4.69, 9.17) is 0 Å². The maximum atomic E-state index is 12.0. The van der Waals surface area contributed by atoms with Gasteiger partial charge in [-0.05, 0) is 31.6 Å². The minimum absolute atomic E-state index is 0.0846. The van der Waals surface area contributed by atoms with Gasteiger partial charge in [0.2, 0.25) is 5.91 Å². The molecule has 5 nitrogen and oxygen atoms in total. The van der Waals surface area contributed by atoms with E-state index >= 15 is 0 Å². The number of aromatic nitrogens is 1. The second-order valence-corrected chi connectivity index (χ2v) is 9.90. The molecule has 136 valence electrons. The van der Waals surface area contributed by atoms with Gasteiger partial charge in [0.25, 0.3) is 0 Å². The fraction of sp³-hybridized carbons (Fsp3) is 0.765. The van der Waals surface area contributed by atoms with Crippen molar-refractivity contribution in [2.45, 2.75) is 65.2 Å². The summed E-state index contributed by atoms with van der Waals surface area (Å²) in [4.78, 5) is 17.8. The summed E-state index contributed by atoms with van der Waals surface area (Å²) < 4.78 is 23.9. The molecular weight excluding hydrogens is 344 g/mol. The normalized spacial score (nSPS) is 17.5. The van der Waals surface area contributed by atoms with Crippen LogP contribution in [0.2, 0.25) is 0 Å². The summed E-state index contributed by atoms with van der Waals surface area (Å²) in [7, 11) is -3.33. The van der Waals surface area contributed by atoms with Crippen LogP contribution in [0, 0.1) is 5.92 Å². The zero-order chi connectivity index (χ0) is 17.6. The number of hydrogen-bond acceptors (Lipinski definition) is 5. The van der Waals surface area contributed by atoms with Crippen molar-refractivity contribution < 1.29 is 13.2 Å². The molecule has 1 aromatic rings. The molecule has 0 spiro atoms. The Balaban J connectivity index is 1.89. The number of rotatable bonds is 9. The Labute approximate surface area is 149 Å². The molecular formula is C17H28N2O3S2. The van der Waals surface area contributed by atoms with E-state index in [0.717, 1.165) is 37.8 Å². The van der Waals surface area contributed by atoms with E-state index in [2.05, 4.69) is 17.2 Å². The van der Waals surface area contributed by atoms with Crippen molar-refractivity contribution in [3.63, 3.8) is 0 Å². The minimum atomic E-state index is -3.33. The monoisotopic (exact) mass is 372 g/mol. The first-order chi connectivity index (χ1) is 11.4. The van der Waals surface area contributed by atoms with Crippen LogP contribution in [0.3, 0.4) is 0 Å². The maximum Gasteiger partial charge on any atom is 0.241 e. The molecule has 7 heteroatoms. The summed E-state index contributed by atoms with van der Waals surface area (Å²) in [5.74, 6) is -0.117. The SMILES string of the molecule is CCCCCS(=O)(=O)CC(=O)Nc1nc2c(s1)CC(CCC)CC2. The first kappa shape index (κ1) is 19.4. The zero-order valence-corrected chi connectivity index (χ0v) is 16.3. The summed E-state index contributed by atoms with van der Waals surface area (Å²) in [5, 5.41) is 3.23. The average molecular weight is 373 g/mol. The quantitative estimate of drug-likeness (QED) is 0.672. The topological polar surface area (TPSA) is 76.1 Å². The van der Waals surface area contributed by atoms with E-state index in [1.165, 1.54) is 29.1 Å². The van der Waals surface area contributed by atoms with Crippen molar-refractivity contribution in [2.75, 3.05) is 16.8 Å². The predicted molar refractivity (Wildman–Crippen MR) is 99.3 cm³/mol. The van der Waals surface area contributed by atoms with Gasteiger partial charge in [-0.25, -0.2) is 13.4 Å². The molecule has 24 heavy (non-hydrogen) atoms. The molecule has 1 amide bonds. The van der Waals surface area contributed by atoms with Gasteiger partial charge in [0, 0.05) is 4.88 Å². The molecule has 0 aromatic carbocycles. The smallest absolute Gasteiger partial charge is 0.241 e. The number of nitrogens with one attached hydrogen (secondary N) is 1. The molecule has 1 aliphatic carbocycles. The molecule has 2 rings (SSSR count). The molecule has 0 bridgehead atoms. The van der Waals surface area contributed by atoms with Crippen molar-refractivity contribution in [2.24, 2.45) is 5.92 Å². The van der Waals surface area contributed by atoms with Gasteiger partial charge in [-0.15, -0.1) is 11.3 Å². The number of anilines is 1. The molecule has 1 atom stereocenters. The highest BCUT2D eigenvalue weighted by Crippen LogP contribution is 2.34. The highest BCUT2D eigenvalue weighted by molar-refractivity contribution is 7.92. The van der Waals surface area contributed by atoms with Crippen molar-refractivity contribution in [1.29, 1.82) is 0 Å².